The fourth-order valence-corrected chi connectivity index (χ4v) is 2.97. The second kappa shape index (κ2) is 8.30. The molecule has 29 heavy (non-hydrogen) atoms. The molecule has 0 radical (unpaired) electrons. The molecule has 152 valence electrons. The Labute approximate surface area is 170 Å². The zero-order chi connectivity index (χ0) is 21.0. The van der Waals surface area contributed by atoms with Crippen molar-refractivity contribution in [3.8, 4) is 0 Å². The fraction of sp³-hybridized carbons (Fsp3) is 0.333. The highest BCUT2D eigenvalue weighted by molar-refractivity contribution is 5.68. The van der Waals surface area contributed by atoms with Gasteiger partial charge >= 0.3 is 5.69 Å². The van der Waals surface area contributed by atoms with Crippen molar-refractivity contribution in [3.63, 3.8) is 0 Å². The predicted molar refractivity (Wildman–Crippen MR) is 114 cm³/mol. The lowest BCUT2D eigenvalue weighted by atomic mass is 9.87. The van der Waals surface area contributed by atoms with Gasteiger partial charge in [0.15, 0.2) is 0 Å². The largest absolute Gasteiger partial charge is 0.350 e. The van der Waals surface area contributed by atoms with Gasteiger partial charge in [-0.15, -0.1) is 0 Å². The average Bonchev–Trinajstić information content (AvgIpc) is 3.20. The normalized spacial score (nSPS) is 12.4. The van der Waals surface area contributed by atoms with Gasteiger partial charge in [0.2, 0.25) is 5.82 Å². The van der Waals surface area contributed by atoms with Crippen LogP contribution in [0.25, 0.3) is 0 Å². The molecular formula is C21H26N6O2. The third-order valence-electron chi connectivity index (χ3n) is 4.67. The van der Waals surface area contributed by atoms with E-state index in [2.05, 4.69) is 41.4 Å². The minimum absolute atomic E-state index is 0.0368. The molecule has 2 aromatic heterocycles. The molecule has 3 rings (SSSR count). The van der Waals surface area contributed by atoms with Crippen LogP contribution in [0, 0.1) is 10.1 Å². The van der Waals surface area contributed by atoms with Crippen molar-refractivity contribution in [1.29, 1.82) is 0 Å². The lowest BCUT2D eigenvalue weighted by Crippen LogP contribution is -2.17. The van der Waals surface area contributed by atoms with Gasteiger partial charge in [-0.1, -0.05) is 39.8 Å². The van der Waals surface area contributed by atoms with E-state index in [1.807, 2.05) is 42.0 Å². The molecule has 0 saturated carbocycles. The van der Waals surface area contributed by atoms with E-state index in [1.165, 1.54) is 11.6 Å². The van der Waals surface area contributed by atoms with E-state index in [0.29, 0.717) is 5.82 Å². The number of anilines is 3. The van der Waals surface area contributed by atoms with Crippen molar-refractivity contribution < 1.29 is 4.92 Å². The minimum atomic E-state index is -0.435. The molecule has 1 aromatic carbocycles. The van der Waals surface area contributed by atoms with E-state index in [0.717, 1.165) is 12.1 Å². The maximum Gasteiger partial charge on any atom is 0.311 e. The third-order valence-corrected chi connectivity index (χ3v) is 4.67. The average molecular weight is 394 g/mol. The second-order valence-electron chi connectivity index (χ2n) is 7.85. The maximum absolute atomic E-state index is 11.5. The number of aromatic nitrogens is 3. The molecule has 8 nitrogen and oxygen atoms in total. The number of pyridine rings is 1. The number of hydrogen-bond donors (Lipinski definition) is 2. The Morgan fingerprint density at radius 2 is 1.90 bits per heavy atom. The minimum Gasteiger partial charge on any atom is -0.350 e. The summed E-state index contributed by atoms with van der Waals surface area (Å²) >= 11 is 0. The summed E-state index contributed by atoms with van der Waals surface area (Å²) in [5.41, 5.74) is 1.89. The van der Waals surface area contributed by atoms with Crippen LogP contribution in [0.2, 0.25) is 0 Å². The number of rotatable bonds is 7. The first kappa shape index (κ1) is 20.3. The topological polar surface area (TPSA) is 97.9 Å². The highest BCUT2D eigenvalue weighted by atomic mass is 16.6. The zero-order valence-corrected chi connectivity index (χ0v) is 17.1. The molecule has 0 fully saturated rings. The van der Waals surface area contributed by atoms with Gasteiger partial charge in [0.25, 0.3) is 0 Å². The SMILES string of the molecule is CCC(Nc1ccc([N+](=O)[O-])c(Nc2ccc(C(C)(C)C)cc2)n1)n1ccnc1. The molecule has 0 amide bonds. The first-order chi connectivity index (χ1) is 13.8. The Morgan fingerprint density at radius 1 is 1.17 bits per heavy atom. The summed E-state index contributed by atoms with van der Waals surface area (Å²) in [4.78, 5) is 19.6. The van der Waals surface area contributed by atoms with Crippen molar-refractivity contribution in [2.45, 2.75) is 45.7 Å². The lowest BCUT2D eigenvalue weighted by Gasteiger charge is -2.20. The summed E-state index contributed by atoms with van der Waals surface area (Å²) in [6.07, 6.45) is 6.05. The van der Waals surface area contributed by atoms with Crippen LogP contribution in [0.1, 0.15) is 45.8 Å². The van der Waals surface area contributed by atoms with E-state index in [9.17, 15) is 10.1 Å². The van der Waals surface area contributed by atoms with Crippen LogP contribution < -0.4 is 10.6 Å². The standard InChI is InChI=1S/C21H26N6O2/c1-5-19(26-13-12-22-14-26)24-18-11-10-17(27(28)29)20(25-18)23-16-8-6-15(7-9-16)21(2,3)4/h6-14,19H,5H2,1-4H3,(H2,23,24,25). The summed E-state index contributed by atoms with van der Waals surface area (Å²) in [6, 6.07) is 10.9. The van der Waals surface area contributed by atoms with Gasteiger partial charge in [0, 0.05) is 24.1 Å². The van der Waals surface area contributed by atoms with Crippen LogP contribution in [0.5, 0.6) is 0 Å². The van der Waals surface area contributed by atoms with E-state index in [4.69, 9.17) is 0 Å². The lowest BCUT2D eigenvalue weighted by molar-refractivity contribution is -0.384. The number of hydrogen-bond acceptors (Lipinski definition) is 6. The summed E-state index contributed by atoms with van der Waals surface area (Å²) in [6.45, 7) is 8.46. The second-order valence-corrected chi connectivity index (χ2v) is 7.85. The Morgan fingerprint density at radius 3 is 2.45 bits per heavy atom. The molecule has 0 spiro atoms. The molecule has 0 aliphatic heterocycles. The van der Waals surface area contributed by atoms with Crippen molar-refractivity contribution in [2.24, 2.45) is 0 Å². The van der Waals surface area contributed by atoms with E-state index in [1.54, 1.807) is 18.6 Å². The van der Waals surface area contributed by atoms with Gasteiger partial charge in [0.05, 0.1) is 11.3 Å². The summed E-state index contributed by atoms with van der Waals surface area (Å²) in [5.74, 6) is 0.744. The number of nitrogens with one attached hydrogen (secondary N) is 2. The van der Waals surface area contributed by atoms with Crippen LogP contribution in [-0.4, -0.2) is 19.5 Å². The monoisotopic (exact) mass is 394 g/mol. The summed E-state index contributed by atoms with van der Waals surface area (Å²) in [5, 5.41) is 17.9. The highest BCUT2D eigenvalue weighted by Crippen LogP contribution is 2.30. The van der Waals surface area contributed by atoms with Gasteiger partial charge in [0.1, 0.15) is 12.0 Å². The van der Waals surface area contributed by atoms with Crippen LogP contribution in [0.4, 0.5) is 23.0 Å². The molecule has 1 atom stereocenters. The van der Waals surface area contributed by atoms with Crippen molar-refractivity contribution in [3.05, 3.63) is 70.8 Å². The van der Waals surface area contributed by atoms with Gasteiger partial charge in [-0.3, -0.25) is 10.1 Å². The third kappa shape index (κ3) is 4.90. The van der Waals surface area contributed by atoms with Crippen LogP contribution >= 0.6 is 0 Å². The van der Waals surface area contributed by atoms with E-state index in [-0.39, 0.29) is 23.1 Å². The first-order valence-electron chi connectivity index (χ1n) is 9.55. The zero-order valence-electron chi connectivity index (χ0n) is 17.1. The van der Waals surface area contributed by atoms with Crippen LogP contribution in [0.3, 0.4) is 0 Å². The van der Waals surface area contributed by atoms with Crippen molar-refractivity contribution in [1.82, 2.24) is 14.5 Å². The summed E-state index contributed by atoms with van der Waals surface area (Å²) in [7, 11) is 0. The highest BCUT2D eigenvalue weighted by Gasteiger charge is 2.19. The van der Waals surface area contributed by atoms with Gasteiger partial charge < -0.3 is 15.2 Å². The molecule has 2 heterocycles. The molecule has 0 aliphatic carbocycles. The molecule has 3 aromatic rings. The number of nitro groups is 1. The molecule has 2 N–H and O–H groups in total. The molecule has 0 aliphatic rings. The van der Waals surface area contributed by atoms with Crippen LogP contribution in [0.15, 0.2) is 55.1 Å². The fourth-order valence-electron chi connectivity index (χ4n) is 2.97. The van der Waals surface area contributed by atoms with Crippen molar-refractivity contribution in [2.75, 3.05) is 10.6 Å². The Bertz CT molecular complexity index is 962. The Hall–Kier alpha value is -3.42. The molecule has 8 heteroatoms. The molecule has 0 saturated heterocycles. The van der Waals surface area contributed by atoms with Gasteiger partial charge in [-0.2, -0.15) is 0 Å². The van der Waals surface area contributed by atoms with E-state index < -0.39 is 4.92 Å². The van der Waals surface area contributed by atoms with Crippen molar-refractivity contribution >= 4 is 23.0 Å². The molecule has 0 bridgehead atoms. The Kier molecular flexibility index (Phi) is 5.81. The first-order valence-corrected chi connectivity index (χ1v) is 9.55. The number of imidazole rings is 1. The Balaban J connectivity index is 1.86. The number of nitrogens with zero attached hydrogens (tertiary/aromatic N) is 4. The number of benzene rings is 1. The predicted octanol–water partition coefficient (Wildman–Crippen LogP) is 5.25. The molecular weight excluding hydrogens is 368 g/mol. The quantitative estimate of drug-likeness (QED) is 0.420. The van der Waals surface area contributed by atoms with Gasteiger partial charge in [-0.05, 0) is 35.6 Å². The maximum atomic E-state index is 11.5. The van der Waals surface area contributed by atoms with Gasteiger partial charge in [-0.25, -0.2) is 9.97 Å². The smallest absolute Gasteiger partial charge is 0.311 e. The van der Waals surface area contributed by atoms with E-state index >= 15 is 0 Å². The summed E-state index contributed by atoms with van der Waals surface area (Å²) < 4.78 is 1.93. The van der Waals surface area contributed by atoms with Crippen LogP contribution in [-0.2, 0) is 5.41 Å². The molecule has 1 unspecified atom stereocenters.